The van der Waals surface area contributed by atoms with Crippen LogP contribution in [-0.2, 0) is 11.3 Å². The number of aliphatic hydroxyl groups is 1. The molecule has 1 saturated heterocycles. The maximum Gasteiger partial charge on any atom is 0.252 e. The van der Waals surface area contributed by atoms with Gasteiger partial charge in [0.25, 0.3) is 5.91 Å². The topological polar surface area (TPSA) is 52.6 Å². The van der Waals surface area contributed by atoms with Gasteiger partial charge in [-0.1, -0.05) is 30.3 Å². The van der Waals surface area contributed by atoms with Crippen LogP contribution in [0.1, 0.15) is 18.4 Å². The summed E-state index contributed by atoms with van der Waals surface area (Å²) in [5.41, 5.74) is 0.155. The van der Waals surface area contributed by atoms with Crippen molar-refractivity contribution < 1.29 is 9.90 Å². The second-order valence-corrected chi connectivity index (χ2v) is 6.77. The van der Waals surface area contributed by atoms with Crippen LogP contribution in [0.3, 0.4) is 0 Å². The van der Waals surface area contributed by atoms with E-state index in [4.69, 9.17) is 0 Å². The molecule has 1 heterocycles. The van der Waals surface area contributed by atoms with Gasteiger partial charge < -0.3 is 15.3 Å². The summed E-state index contributed by atoms with van der Waals surface area (Å²) in [6.45, 7) is 2.45. The van der Waals surface area contributed by atoms with E-state index in [0.29, 0.717) is 18.7 Å². The van der Waals surface area contributed by atoms with Crippen molar-refractivity contribution in [3.05, 3.63) is 35.9 Å². The molecule has 1 fully saturated rings. The number of nitrogens with zero attached hydrogens (tertiary/aromatic N) is 1. The molecule has 116 valence electrons. The molecule has 0 aliphatic carbocycles. The van der Waals surface area contributed by atoms with Gasteiger partial charge in [-0.3, -0.25) is 4.79 Å². The summed E-state index contributed by atoms with van der Waals surface area (Å²) in [4.78, 5) is 14.2. The lowest BCUT2D eigenvalue weighted by molar-refractivity contribution is -0.137. The molecule has 0 aromatic heterocycles. The number of benzene rings is 1. The highest BCUT2D eigenvalue weighted by molar-refractivity contribution is 7.99. The summed E-state index contributed by atoms with van der Waals surface area (Å²) in [6.07, 6.45) is 1.45. The third kappa shape index (κ3) is 5.02. The average molecular weight is 308 g/mol. The maximum absolute atomic E-state index is 11.9. The van der Waals surface area contributed by atoms with E-state index in [-0.39, 0.29) is 5.91 Å². The molecule has 2 rings (SSSR count). The highest BCUT2D eigenvalue weighted by Gasteiger charge is 2.39. The smallest absolute Gasteiger partial charge is 0.252 e. The van der Waals surface area contributed by atoms with Crippen LogP contribution in [0.15, 0.2) is 30.3 Å². The van der Waals surface area contributed by atoms with Crippen LogP contribution in [0, 0.1) is 0 Å². The zero-order chi connectivity index (χ0) is 15.1. The number of hydrogen-bond donors (Lipinski definition) is 2. The Balaban J connectivity index is 1.62. The minimum atomic E-state index is -1.14. The van der Waals surface area contributed by atoms with Crippen molar-refractivity contribution in [3.63, 3.8) is 0 Å². The van der Waals surface area contributed by atoms with E-state index in [0.717, 1.165) is 25.3 Å². The fourth-order valence-corrected chi connectivity index (χ4v) is 3.66. The normalized spacial score (nSPS) is 21.7. The molecule has 0 saturated carbocycles. The lowest BCUT2D eigenvalue weighted by atomic mass is 10.0. The number of rotatable bonds is 7. The van der Waals surface area contributed by atoms with Crippen LogP contribution in [-0.4, -0.2) is 53.2 Å². The van der Waals surface area contributed by atoms with Gasteiger partial charge in [-0.05, 0) is 37.8 Å². The number of carbonyl (C=O) groups is 1. The highest BCUT2D eigenvalue weighted by Crippen LogP contribution is 2.27. The third-order valence-corrected chi connectivity index (χ3v) is 4.90. The van der Waals surface area contributed by atoms with Crippen molar-refractivity contribution >= 4 is 17.7 Å². The van der Waals surface area contributed by atoms with Gasteiger partial charge in [-0.15, -0.1) is 0 Å². The Morgan fingerprint density at radius 2 is 2.19 bits per heavy atom. The Kier molecular flexibility index (Phi) is 6.08. The minimum absolute atomic E-state index is 0.210. The van der Waals surface area contributed by atoms with Crippen LogP contribution in [0.5, 0.6) is 0 Å². The molecule has 0 bridgehead atoms. The van der Waals surface area contributed by atoms with Crippen molar-refractivity contribution in [2.24, 2.45) is 0 Å². The van der Waals surface area contributed by atoms with E-state index in [1.807, 2.05) is 18.2 Å². The van der Waals surface area contributed by atoms with Crippen LogP contribution < -0.4 is 5.32 Å². The fraction of sp³-hybridized carbons (Fsp3) is 0.562. The lowest BCUT2D eigenvalue weighted by Crippen LogP contribution is -2.47. The number of amides is 1. The number of thioether (sulfide) groups is 1. The molecule has 1 unspecified atom stereocenters. The van der Waals surface area contributed by atoms with Gasteiger partial charge in [-0.2, -0.15) is 11.8 Å². The number of carbonyl (C=O) groups excluding carboxylic acids is 1. The first kappa shape index (κ1) is 16.3. The molecule has 5 heteroatoms. The second-order valence-electron chi connectivity index (χ2n) is 5.67. The molecule has 1 aromatic carbocycles. The summed E-state index contributed by atoms with van der Waals surface area (Å²) in [6, 6.07) is 10.3. The first-order chi connectivity index (χ1) is 10.1. The first-order valence-electron chi connectivity index (χ1n) is 7.41. The standard InChI is InChI=1S/C16H24N2O2S/c1-18(12-14-6-3-2-4-7-14)10-5-9-17-15(19)16(20)8-11-21-13-16/h2-4,6-7,20H,5,8-13H2,1H3,(H,17,19). The van der Waals surface area contributed by atoms with E-state index < -0.39 is 5.60 Å². The fourth-order valence-electron chi connectivity index (χ4n) is 2.42. The van der Waals surface area contributed by atoms with Crippen molar-refractivity contribution in [3.8, 4) is 0 Å². The van der Waals surface area contributed by atoms with E-state index in [1.54, 1.807) is 11.8 Å². The predicted octanol–water partition coefficient (Wildman–Crippen LogP) is 1.49. The monoisotopic (exact) mass is 308 g/mol. The molecule has 1 amide bonds. The summed E-state index contributed by atoms with van der Waals surface area (Å²) in [5, 5.41) is 13.0. The first-order valence-corrected chi connectivity index (χ1v) is 8.56. The minimum Gasteiger partial charge on any atom is -0.379 e. The summed E-state index contributed by atoms with van der Waals surface area (Å²) >= 11 is 1.64. The highest BCUT2D eigenvalue weighted by atomic mass is 32.2. The van der Waals surface area contributed by atoms with Crippen LogP contribution in [0.2, 0.25) is 0 Å². The molecule has 1 atom stereocenters. The average Bonchev–Trinajstić information content (AvgIpc) is 2.92. The second kappa shape index (κ2) is 7.82. The Labute approximate surface area is 130 Å². The van der Waals surface area contributed by atoms with E-state index in [1.165, 1.54) is 5.56 Å². The molecule has 1 aromatic rings. The van der Waals surface area contributed by atoms with Gasteiger partial charge in [0.2, 0.25) is 0 Å². The SMILES string of the molecule is CN(CCCNC(=O)C1(O)CCSC1)Cc1ccccc1. The van der Waals surface area contributed by atoms with Crippen LogP contribution in [0.4, 0.5) is 0 Å². The molecular formula is C16H24N2O2S. The van der Waals surface area contributed by atoms with Gasteiger partial charge >= 0.3 is 0 Å². The Hall–Kier alpha value is -1.04. The van der Waals surface area contributed by atoms with Gasteiger partial charge in [0.05, 0.1) is 0 Å². The van der Waals surface area contributed by atoms with Crippen molar-refractivity contribution in [1.82, 2.24) is 10.2 Å². The van der Waals surface area contributed by atoms with Gasteiger partial charge in [0, 0.05) is 18.8 Å². The quantitative estimate of drug-likeness (QED) is 0.750. The third-order valence-electron chi connectivity index (χ3n) is 3.72. The zero-order valence-corrected chi connectivity index (χ0v) is 13.4. The summed E-state index contributed by atoms with van der Waals surface area (Å²) < 4.78 is 0. The van der Waals surface area contributed by atoms with E-state index >= 15 is 0 Å². The van der Waals surface area contributed by atoms with Crippen LogP contribution >= 0.6 is 11.8 Å². The van der Waals surface area contributed by atoms with Crippen molar-refractivity contribution in [2.75, 3.05) is 31.6 Å². The molecule has 2 N–H and O–H groups in total. The van der Waals surface area contributed by atoms with Gasteiger partial charge in [0.1, 0.15) is 0 Å². The Bertz CT molecular complexity index is 447. The van der Waals surface area contributed by atoms with Gasteiger partial charge in [0.15, 0.2) is 5.60 Å². The maximum atomic E-state index is 11.9. The molecule has 0 spiro atoms. The molecule has 4 nitrogen and oxygen atoms in total. The van der Waals surface area contributed by atoms with Crippen molar-refractivity contribution in [1.29, 1.82) is 0 Å². The summed E-state index contributed by atoms with van der Waals surface area (Å²) in [7, 11) is 2.08. The lowest BCUT2D eigenvalue weighted by Gasteiger charge is -2.21. The van der Waals surface area contributed by atoms with Gasteiger partial charge in [-0.25, -0.2) is 0 Å². The molecular weight excluding hydrogens is 284 g/mol. The van der Waals surface area contributed by atoms with E-state index in [2.05, 4.69) is 29.4 Å². The molecule has 1 aliphatic rings. The van der Waals surface area contributed by atoms with E-state index in [9.17, 15) is 9.90 Å². The molecule has 1 aliphatic heterocycles. The van der Waals surface area contributed by atoms with Crippen molar-refractivity contribution in [2.45, 2.75) is 25.0 Å². The number of hydrogen-bond acceptors (Lipinski definition) is 4. The molecule has 21 heavy (non-hydrogen) atoms. The van der Waals surface area contributed by atoms with Crippen LogP contribution in [0.25, 0.3) is 0 Å². The summed E-state index contributed by atoms with van der Waals surface area (Å²) in [5.74, 6) is 1.18. The Morgan fingerprint density at radius 1 is 1.43 bits per heavy atom. The number of nitrogens with one attached hydrogen (secondary N) is 1. The largest absolute Gasteiger partial charge is 0.379 e. The Morgan fingerprint density at radius 3 is 2.86 bits per heavy atom. The predicted molar refractivity (Wildman–Crippen MR) is 87.3 cm³/mol. The molecule has 0 radical (unpaired) electrons. The zero-order valence-electron chi connectivity index (χ0n) is 12.5.